The molecule has 0 amide bonds. The molecule has 1 aromatic heterocycles. The lowest BCUT2D eigenvalue weighted by Gasteiger charge is -2.16. The van der Waals surface area contributed by atoms with Gasteiger partial charge in [-0.2, -0.15) is 10.2 Å². The summed E-state index contributed by atoms with van der Waals surface area (Å²) < 4.78 is 13.7. The summed E-state index contributed by atoms with van der Waals surface area (Å²) in [5, 5.41) is 16.5. The summed E-state index contributed by atoms with van der Waals surface area (Å²) in [6.45, 7) is 2.16. The summed E-state index contributed by atoms with van der Waals surface area (Å²) in [6.07, 6.45) is 2.48. The highest BCUT2D eigenvalue weighted by Gasteiger charge is 2.28. The molecule has 2 N–H and O–H groups in total. The number of nitrogens with zero attached hydrogens (tertiary/aromatic N) is 3. The van der Waals surface area contributed by atoms with Gasteiger partial charge in [-0.05, 0) is 56.0 Å². The van der Waals surface area contributed by atoms with Crippen molar-refractivity contribution in [1.82, 2.24) is 9.97 Å². The number of para-hydroxylation sites is 1. The molecule has 1 fully saturated rings. The van der Waals surface area contributed by atoms with Gasteiger partial charge < -0.3 is 10.6 Å². The van der Waals surface area contributed by atoms with E-state index >= 15 is 0 Å². The normalized spacial score (nSPS) is 14.7. The summed E-state index contributed by atoms with van der Waals surface area (Å²) in [5.41, 5.74) is 1.49. The topological polar surface area (TPSA) is 73.6 Å². The molecular weight excluding hydrogens is 329 g/mol. The van der Waals surface area contributed by atoms with Crippen LogP contribution in [0.5, 0.6) is 0 Å². The number of nitrogens with one attached hydrogen (secondary N) is 2. The van der Waals surface area contributed by atoms with Gasteiger partial charge in [0.05, 0.1) is 17.1 Å². The Labute approximate surface area is 150 Å². The largest absolute Gasteiger partial charge is 0.367 e. The van der Waals surface area contributed by atoms with Crippen molar-refractivity contribution in [2.75, 3.05) is 10.6 Å². The first-order valence-corrected chi connectivity index (χ1v) is 8.63. The molecule has 2 aromatic carbocycles. The van der Waals surface area contributed by atoms with Crippen LogP contribution in [-0.4, -0.2) is 16.0 Å². The SMILES string of the molecule is C[C@@H](Nc1nc(Nc2cc(F)cc(C#N)c2)nc2ccccc12)C1CC1. The number of hydrogen-bond acceptors (Lipinski definition) is 5. The van der Waals surface area contributed by atoms with Crippen LogP contribution in [0, 0.1) is 23.1 Å². The molecular formula is C20H18FN5. The Bertz CT molecular complexity index is 1010. The zero-order chi connectivity index (χ0) is 18.1. The highest BCUT2D eigenvalue weighted by molar-refractivity contribution is 5.90. The first kappa shape index (κ1) is 16.3. The monoisotopic (exact) mass is 347 g/mol. The van der Waals surface area contributed by atoms with Crippen molar-refractivity contribution >= 4 is 28.4 Å². The summed E-state index contributed by atoms with van der Waals surface area (Å²) >= 11 is 0. The van der Waals surface area contributed by atoms with Crippen molar-refractivity contribution in [3.05, 3.63) is 53.8 Å². The highest BCUT2D eigenvalue weighted by Crippen LogP contribution is 2.35. The van der Waals surface area contributed by atoms with Crippen molar-refractivity contribution in [2.24, 2.45) is 5.92 Å². The van der Waals surface area contributed by atoms with E-state index in [4.69, 9.17) is 5.26 Å². The fraction of sp³-hybridized carbons (Fsp3) is 0.250. The maximum absolute atomic E-state index is 13.7. The molecule has 4 rings (SSSR count). The Kier molecular flexibility index (Phi) is 4.13. The summed E-state index contributed by atoms with van der Waals surface area (Å²) in [7, 11) is 0. The molecule has 0 radical (unpaired) electrons. The zero-order valence-corrected chi connectivity index (χ0v) is 14.3. The van der Waals surface area contributed by atoms with E-state index in [1.165, 1.54) is 25.0 Å². The van der Waals surface area contributed by atoms with Crippen LogP contribution in [0.4, 0.5) is 21.8 Å². The zero-order valence-electron chi connectivity index (χ0n) is 14.3. The fourth-order valence-electron chi connectivity index (χ4n) is 3.03. The first-order valence-electron chi connectivity index (χ1n) is 8.63. The van der Waals surface area contributed by atoms with Crippen LogP contribution < -0.4 is 10.6 Å². The van der Waals surface area contributed by atoms with E-state index in [2.05, 4.69) is 27.5 Å². The number of halogens is 1. The number of rotatable bonds is 5. The molecule has 1 aliphatic carbocycles. The van der Waals surface area contributed by atoms with Crippen molar-refractivity contribution < 1.29 is 4.39 Å². The molecule has 1 heterocycles. The van der Waals surface area contributed by atoms with Gasteiger partial charge in [-0.25, -0.2) is 9.37 Å². The predicted octanol–water partition coefficient (Wildman–Crippen LogP) is 4.59. The van der Waals surface area contributed by atoms with Crippen molar-refractivity contribution in [3.63, 3.8) is 0 Å². The third-order valence-corrected chi connectivity index (χ3v) is 4.58. The second kappa shape index (κ2) is 6.60. The maximum atomic E-state index is 13.7. The molecule has 6 heteroatoms. The Morgan fingerprint density at radius 3 is 2.77 bits per heavy atom. The molecule has 0 saturated heterocycles. The summed E-state index contributed by atoms with van der Waals surface area (Å²) in [5.74, 6) is 1.33. The number of fused-ring (bicyclic) bond motifs is 1. The molecule has 5 nitrogen and oxygen atoms in total. The lowest BCUT2D eigenvalue weighted by Crippen LogP contribution is -2.19. The number of benzene rings is 2. The fourth-order valence-corrected chi connectivity index (χ4v) is 3.03. The van der Waals surface area contributed by atoms with Crippen LogP contribution in [0.15, 0.2) is 42.5 Å². The lowest BCUT2D eigenvalue weighted by atomic mass is 10.2. The standard InChI is InChI=1S/C20H18FN5/c1-12(14-6-7-14)23-19-17-4-2-3-5-18(17)25-20(26-19)24-16-9-13(11-22)8-15(21)10-16/h2-5,8-10,12,14H,6-7H2,1H3,(H2,23,24,25,26)/t12-/m1/s1. The average molecular weight is 347 g/mol. The molecule has 3 aromatic rings. The number of aromatic nitrogens is 2. The lowest BCUT2D eigenvalue weighted by molar-refractivity contribution is 0.628. The Balaban J connectivity index is 1.71. The molecule has 0 unspecified atom stereocenters. The minimum absolute atomic E-state index is 0.244. The van der Waals surface area contributed by atoms with E-state index in [-0.39, 0.29) is 5.56 Å². The van der Waals surface area contributed by atoms with Gasteiger partial charge >= 0.3 is 0 Å². The minimum atomic E-state index is -0.479. The number of anilines is 3. The third kappa shape index (κ3) is 3.42. The van der Waals surface area contributed by atoms with E-state index in [1.807, 2.05) is 30.3 Å². The van der Waals surface area contributed by atoms with Gasteiger partial charge in [-0.3, -0.25) is 0 Å². The van der Waals surface area contributed by atoms with Gasteiger partial charge in [0, 0.05) is 17.1 Å². The smallest absolute Gasteiger partial charge is 0.229 e. The second-order valence-electron chi connectivity index (χ2n) is 6.65. The predicted molar refractivity (Wildman–Crippen MR) is 99.7 cm³/mol. The van der Waals surface area contributed by atoms with E-state index in [9.17, 15) is 4.39 Å². The minimum Gasteiger partial charge on any atom is -0.367 e. The van der Waals surface area contributed by atoms with Gasteiger partial charge in [0.1, 0.15) is 11.6 Å². The van der Waals surface area contributed by atoms with Crippen molar-refractivity contribution in [3.8, 4) is 6.07 Å². The first-order chi connectivity index (χ1) is 12.6. The Morgan fingerprint density at radius 2 is 2.00 bits per heavy atom. The third-order valence-electron chi connectivity index (χ3n) is 4.58. The van der Waals surface area contributed by atoms with Gasteiger partial charge in [0.2, 0.25) is 5.95 Å². The number of hydrogen-bond donors (Lipinski definition) is 2. The molecule has 0 spiro atoms. The van der Waals surface area contributed by atoms with Crippen LogP contribution in [0.2, 0.25) is 0 Å². The van der Waals surface area contributed by atoms with Gasteiger partial charge in [0.25, 0.3) is 0 Å². The maximum Gasteiger partial charge on any atom is 0.229 e. The molecule has 1 saturated carbocycles. The second-order valence-corrected chi connectivity index (χ2v) is 6.65. The van der Waals surface area contributed by atoms with Crippen LogP contribution in [0.25, 0.3) is 10.9 Å². The molecule has 130 valence electrons. The van der Waals surface area contributed by atoms with E-state index in [0.717, 1.165) is 16.7 Å². The molecule has 1 atom stereocenters. The van der Waals surface area contributed by atoms with E-state index < -0.39 is 5.82 Å². The molecule has 0 bridgehead atoms. The van der Waals surface area contributed by atoms with Gasteiger partial charge in [-0.1, -0.05) is 12.1 Å². The quantitative estimate of drug-likeness (QED) is 0.706. The summed E-state index contributed by atoms with van der Waals surface area (Å²) in [6, 6.07) is 14.1. The van der Waals surface area contributed by atoms with Crippen LogP contribution in [0.1, 0.15) is 25.3 Å². The van der Waals surface area contributed by atoms with Crippen LogP contribution in [0.3, 0.4) is 0 Å². The van der Waals surface area contributed by atoms with E-state index in [1.54, 1.807) is 6.07 Å². The molecule has 26 heavy (non-hydrogen) atoms. The average Bonchev–Trinajstić information content (AvgIpc) is 3.46. The van der Waals surface area contributed by atoms with E-state index in [0.29, 0.717) is 23.6 Å². The molecule has 0 aliphatic heterocycles. The Morgan fingerprint density at radius 1 is 1.19 bits per heavy atom. The van der Waals surface area contributed by atoms with Crippen molar-refractivity contribution in [1.29, 1.82) is 5.26 Å². The van der Waals surface area contributed by atoms with Gasteiger partial charge in [-0.15, -0.1) is 0 Å². The highest BCUT2D eigenvalue weighted by atomic mass is 19.1. The Hall–Kier alpha value is -3.20. The molecule has 1 aliphatic rings. The van der Waals surface area contributed by atoms with Crippen LogP contribution >= 0.6 is 0 Å². The van der Waals surface area contributed by atoms with Gasteiger partial charge in [0.15, 0.2) is 0 Å². The number of nitriles is 1. The van der Waals surface area contributed by atoms with Crippen molar-refractivity contribution in [2.45, 2.75) is 25.8 Å². The summed E-state index contributed by atoms with van der Waals surface area (Å²) in [4.78, 5) is 9.11. The van der Waals surface area contributed by atoms with Crippen LogP contribution in [-0.2, 0) is 0 Å².